The van der Waals surface area contributed by atoms with E-state index in [2.05, 4.69) is 20.8 Å². The van der Waals surface area contributed by atoms with Crippen LogP contribution in [0, 0.1) is 11.3 Å². The molecule has 1 aliphatic carbocycles. The van der Waals surface area contributed by atoms with Crippen molar-refractivity contribution in [3.05, 3.63) is 0 Å². The molecule has 0 aromatic carbocycles. The highest BCUT2D eigenvalue weighted by atomic mass is 16.6. The predicted octanol–water partition coefficient (Wildman–Crippen LogP) is -0.494. The third-order valence-electron chi connectivity index (χ3n) is 6.84. The second-order valence-corrected chi connectivity index (χ2v) is 9.64. The summed E-state index contributed by atoms with van der Waals surface area (Å²) in [5.41, 5.74) is -3.32. The molecule has 2 rings (SSSR count). The van der Waals surface area contributed by atoms with E-state index < -0.39 is 54.1 Å². The van der Waals surface area contributed by atoms with Crippen molar-refractivity contribution >= 4 is 5.78 Å². The number of rotatable bonds is 5. The van der Waals surface area contributed by atoms with Gasteiger partial charge in [0.1, 0.15) is 30.0 Å². The lowest BCUT2D eigenvalue weighted by molar-refractivity contribution is -0.292. The molecular weight excluding hydrogens is 368 g/mol. The van der Waals surface area contributed by atoms with Gasteiger partial charge in [0.05, 0.1) is 12.7 Å². The van der Waals surface area contributed by atoms with Crippen LogP contribution in [-0.4, -0.2) is 84.8 Å². The Bertz CT molecular complexity index is 551. The lowest BCUT2D eigenvalue weighted by atomic mass is 9.61. The van der Waals surface area contributed by atoms with E-state index in [9.17, 15) is 30.3 Å². The third-order valence-corrected chi connectivity index (χ3v) is 6.84. The first-order valence-electron chi connectivity index (χ1n) is 10.0. The zero-order valence-corrected chi connectivity index (χ0v) is 17.2. The van der Waals surface area contributed by atoms with Gasteiger partial charge in [-0.15, -0.1) is 0 Å². The topological polar surface area (TPSA) is 148 Å². The van der Waals surface area contributed by atoms with Crippen LogP contribution in [0.2, 0.25) is 0 Å². The molecule has 1 aliphatic heterocycles. The van der Waals surface area contributed by atoms with Crippen LogP contribution in [0.25, 0.3) is 0 Å². The summed E-state index contributed by atoms with van der Waals surface area (Å²) < 4.78 is 5.84. The molecule has 1 saturated carbocycles. The number of hydrogen-bond acceptors (Lipinski definition) is 8. The number of hydrogen-bond donors (Lipinski definition) is 6. The number of carbonyl (C=O) groups is 1. The van der Waals surface area contributed by atoms with Gasteiger partial charge >= 0.3 is 0 Å². The highest BCUT2D eigenvalue weighted by molar-refractivity contribution is 5.87. The molecule has 164 valence electrons. The van der Waals surface area contributed by atoms with Crippen LogP contribution >= 0.6 is 0 Å². The van der Waals surface area contributed by atoms with E-state index in [1.54, 1.807) is 0 Å². The fraction of sp³-hybridized carbons (Fsp3) is 0.950. The van der Waals surface area contributed by atoms with Gasteiger partial charge in [-0.3, -0.25) is 4.79 Å². The third kappa shape index (κ3) is 4.14. The van der Waals surface area contributed by atoms with Crippen molar-refractivity contribution in [1.82, 2.24) is 0 Å². The molecule has 8 heteroatoms. The Kier molecular flexibility index (Phi) is 6.98. The van der Waals surface area contributed by atoms with E-state index in [-0.39, 0.29) is 24.7 Å². The minimum atomic E-state index is -1.81. The van der Waals surface area contributed by atoms with Crippen LogP contribution in [0.5, 0.6) is 0 Å². The van der Waals surface area contributed by atoms with Crippen molar-refractivity contribution in [1.29, 1.82) is 0 Å². The predicted molar refractivity (Wildman–Crippen MR) is 100 cm³/mol. The van der Waals surface area contributed by atoms with Gasteiger partial charge in [-0.05, 0) is 43.9 Å². The largest absolute Gasteiger partial charge is 0.394 e. The number of aliphatic hydroxyl groups excluding tert-OH is 5. The maximum Gasteiger partial charge on any atom is 0.164 e. The van der Waals surface area contributed by atoms with Crippen LogP contribution in [-0.2, 0) is 9.53 Å². The molecule has 6 N–H and O–H groups in total. The van der Waals surface area contributed by atoms with E-state index in [4.69, 9.17) is 9.84 Å². The monoisotopic (exact) mass is 404 g/mol. The molecule has 0 spiro atoms. The van der Waals surface area contributed by atoms with Gasteiger partial charge in [-0.25, -0.2) is 0 Å². The Morgan fingerprint density at radius 1 is 1.18 bits per heavy atom. The zero-order chi connectivity index (χ0) is 21.5. The van der Waals surface area contributed by atoms with Crippen LogP contribution in [0.4, 0.5) is 0 Å². The Hall–Kier alpha value is -0.610. The fourth-order valence-electron chi connectivity index (χ4n) is 4.80. The van der Waals surface area contributed by atoms with E-state index >= 15 is 0 Å². The lowest BCUT2D eigenvalue weighted by Crippen LogP contribution is -2.71. The van der Waals surface area contributed by atoms with Crippen molar-refractivity contribution in [2.75, 3.05) is 6.61 Å². The summed E-state index contributed by atoms with van der Waals surface area (Å²) in [6.45, 7) is 6.85. The SMILES string of the molecule is CC(=O)[C@@]1(C2(O)CCC(C(C)(C)C)CC2)C[C@@H](O)[C@@H](O)C(C(O)C(O)CO)O1. The first kappa shape index (κ1) is 23.7. The van der Waals surface area contributed by atoms with Gasteiger partial charge in [0.15, 0.2) is 11.4 Å². The number of carbonyl (C=O) groups excluding carboxylic acids is 1. The Labute approximate surface area is 166 Å². The maximum absolute atomic E-state index is 12.7. The normalized spacial score (nSPS) is 42.1. The molecule has 28 heavy (non-hydrogen) atoms. The molecule has 0 amide bonds. The molecule has 8 nitrogen and oxygen atoms in total. The molecule has 6 atom stereocenters. The van der Waals surface area contributed by atoms with E-state index in [0.717, 1.165) is 0 Å². The molecule has 2 fully saturated rings. The standard InChI is InChI=1S/C20H36O8/c1-11(22)20(19(27)7-5-12(6-8-19)18(2,3)4)9-13(23)15(25)17(28-20)16(26)14(24)10-21/h12-17,21,23-27H,5-10H2,1-4H3/t12?,13-,14?,15-,16?,17?,19?,20-/m1/s1. The van der Waals surface area contributed by atoms with E-state index in [1.165, 1.54) is 6.92 Å². The number of ketones is 1. The van der Waals surface area contributed by atoms with Crippen LogP contribution < -0.4 is 0 Å². The van der Waals surface area contributed by atoms with Gasteiger partial charge in [-0.1, -0.05) is 20.8 Å². The van der Waals surface area contributed by atoms with E-state index in [1.807, 2.05) is 0 Å². The van der Waals surface area contributed by atoms with Crippen LogP contribution in [0.1, 0.15) is 59.8 Å². The smallest absolute Gasteiger partial charge is 0.164 e. The van der Waals surface area contributed by atoms with Crippen molar-refractivity contribution in [2.24, 2.45) is 11.3 Å². The number of Topliss-reactive ketones (excluding diaryl/α,β-unsaturated/α-hetero) is 1. The van der Waals surface area contributed by atoms with Gasteiger partial charge in [0.2, 0.25) is 0 Å². The second kappa shape index (κ2) is 8.26. The van der Waals surface area contributed by atoms with Crippen molar-refractivity contribution in [3.63, 3.8) is 0 Å². The first-order valence-corrected chi connectivity index (χ1v) is 10.0. The Morgan fingerprint density at radius 2 is 1.71 bits per heavy atom. The summed E-state index contributed by atoms with van der Waals surface area (Å²) in [5, 5.41) is 61.3. The summed E-state index contributed by atoms with van der Waals surface area (Å²) in [6, 6.07) is 0. The molecule has 1 heterocycles. The molecule has 0 aromatic heterocycles. The average molecular weight is 405 g/mol. The minimum Gasteiger partial charge on any atom is -0.394 e. The second-order valence-electron chi connectivity index (χ2n) is 9.64. The van der Waals surface area contributed by atoms with Crippen LogP contribution in [0.3, 0.4) is 0 Å². The average Bonchev–Trinajstić information content (AvgIpc) is 2.61. The van der Waals surface area contributed by atoms with Gasteiger partial charge < -0.3 is 35.4 Å². The molecule has 0 radical (unpaired) electrons. The summed E-state index contributed by atoms with van der Waals surface area (Å²) >= 11 is 0. The van der Waals surface area contributed by atoms with E-state index in [0.29, 0.717) is 18.8 Å². The highest BCUT2D eigenvalue weighted by Crippen LogP contribution is 2.50. The van der Waals surface area contributed by atoms with Crippen molar-refractivity contribution < 1.29 is 40.2 Å². The first-order chi connectivity index (χ1) is 12.8. The van der Waals surface area contributed by atoms with Crippen molar-refractivity contribution in [2.45, 2.75) is 102 Å². The van der Waals surface area contributed by atoms with Crippen molar-refractivity contribution in [3.8, 4) is 0 Å². The summed E-state index contributed by atoms with van der Waals surface area (Å²) in [6.07, 6.45) is -6.30. The Morgan fingerprint density at radius 3 is 2.14 bits per heavy atom. The fourth-order valence-corrected chi connectivity index (χ4v) is 4.80. The number of aliphatic hydroxyl groups is 6. The van der Waals surface area contributed by atoms with Crippen LogP contribution in [0.15, 0.2) is 0 Å². The lowest BCUT2D eigenvalue weighted by Gasteiger charge is -2.55. The molecule has 1 saturated heterocycles. The summed E-state index contributed by atoms with van der Waals surface area (Å²) in [4.78, 5) is 12.7. The molecule has 2 aliphatic rings. The minimum absolute atomic E-state index is 0.0534. The molecule has 3 unspecified atom stereocenters. The quantitative estimate of drug-likeness (QED) is 0.360. The van der Waals surface area contributed by atoms with Gasteiger partial charge in [-0.2, -0.15) is 0 Å². The summed E-state index contributed by atoms with van der Waals surface area (Å²) in [7, 11) is 0. The molecule has 0 aromatic rings. The zero-order valence-electron chi connectivity index (χ0n) is 17.2. The van der Waals surface area contributed by atoms with Gasteiger partial charge in [0.25, 0.3) is 0 Å². The Balaban J connectivity index is 2.35. The maximum atomic E-state index is 12.7. The number of ether oxygens (including phenoxy) is 1. The van der Waals surface area contributed by atoms with Gasteiger partial charge in [0, 0.05) is 6.42 Å². The summed E-state index contributed by atoms with van der Waals surface area (Å²) in [5.74, 6) is -0.153. The molecular formula is C20H36O8. The highest BCUT2D eigenvalue weighted by Gasteiger charge is 2.62. The molecule has 0 bridgehead atoms.